The number of amides is 2. The van der Waals surface area contributed by atoms with Crippen LogP contribution in [-0.4, -0.2) is 23.1 Å². The number of hydrogen-bond acceptors (Lipinski definition) is 3. The first-order chi connectivity index (χ1) is 10.1. The highest BCUT2D eigenvalue weighted by Crippen LogP contribution is 2.26. The lowest BCUT2D eigenvalue weighted by molar-refractivity contribution is -0.141. The fourth-order valence-electron chi connectivity index (χ4n) is 2.66. The van der Waals surface area contributed by atoms with Crippen molar-refractivity contribution in [3.63, 3.8) is 0 Å². The monoisotopic (exact) mass is 374 g/mol. The minimum absolute atomic E-state index is 0.0397. The molecule has 2 amide bonds. The first-order valence-corrected chi connectivity index (χ1v) is 8.68. The van der Waals surface area contributed by atoms with Crippen molar-refractivity contribution < 1.29 is 14.7 Å². The van der Waals surface area contributed by atoms with Gasteiger partial charge in [0.15, 0.2) is 0 Å². The maximum absolute atomic E-state index is 11.9. The molecule has 1 atom stereocenters. The van der Waals surface area contributed by atoms with Crippen molar-refractivity contribution in [1.82, 2.24) is 10.6 Å². The quantitative estimate of drug-likeness (QED) is 0.739. The molecule has 3 N–H and O–H groups in total. The molecular formula is C14H19BrN2O3S. The summed E-state index contributed by atoms with van der Waals surface area (Å²) in [5.41, 5.74) is 0. The summed E-state index contributed by atoms with van der Waals surface area (Å²) in [7, 11) is 0. The molecule has 0 aromatic carbocycles. The minimum atomic E-state index is -0.948. The van der Waals surface area contributed by atoms with Crippen LogP contribution in [0.2, 0.25) is 0 Å². The Hall–Kier alpha value is -1.08. The van der Waals surface area contributed by atoms with Crippen molar-refractivity contribution in [2.75, 3.05) is 0 Å². The largest absolute Gasteiger partial charge is 0.480 e. The van der Waals surface area contributed by atoms with Gasteiger partial charge in [0.05, 0.1) is 10.3 Å². The van der Waals surface area contributed by atoms with Gasteiger partial charge in [-0.3, -0.25) is 0 Å². The molecule has 1 aromatic rings. The lowest BCUT2D eigenvalue weighted by atomic mass is 9.84. The molecular weight excluding hydrogens is 356 g/mol. The summed E-state index contributed by atoms with van der Waals surface area (Å²) >= 11 is 4.90. The van der Waals surface area contributed by atoms with E-state index in [1.165, 1.54) is 0 Å². The molecule has 0 saturated heterocycles. The van der Waals surface area contributed by atoms with Crippen LogP contribution in [0.3, 0.4) is 0 Å². The molecule has 1 aliphatic carbocycles. The van der Waals surface area contributed by atoms with Crippen LogP contribution in [0.4, 0.5) is 4.79 Å². The molecule has 21 heavy (non-hydrogen) atoms. The van der Waals surface area contributed by atoms with Gasteiger partial charge in [0.2, 0.25) is 0 Å². The molecule has 1 heterocycles. The third-order valence-electron chi connectivity index (χ3n) is 3.73. The third kappa shape index (κ3) is 5.00. The normalized spacial score (nSPS) is 17.2. The molecule has 1 saturated carbocycles. The van der Waals surface area contributed by atoms with Crippen LogP contribution >= 0.6 is 27.3 Å². The first kappa shape index (κ1) is 16.3. The number of aliphatic carboxylic acids is 1. The van der Waals surface area contributed by atoms with Crippen molar-refractivity contribution in [1.29, 1.82) is 0 Å². The maximum Gasteiger partial charge on any atom is 0.326 e. The van der Waals surface area contributed by atoms with Gasteiger partial charge in [0.1, 0.15) is 6.04 Å². The number of urea groups is 1. The fourth-order valence-corrected chi connectivity index (χ4v) is 4.08. The summed E-state index contributed by atoms with van der Waals surface area (Å²) in [4.78, 5) is 24.3. The number of carboxylic acids is 1. The van der Waals surface area contributed by atoms with E-state index in [1.54, 1.807) is 11.3 Å². The van der Waals surface area contributed by atoms with Crippen LogP contribution in [0.15, 0.2) is 15.9 Å². The van der Waals surface area contributed by atoms with Crippen molar-refractivity contribution in [3.05, 3.63) is 20.8 Å². The Morgan fingerprint density at radius 1 is 1.33 bits per heavy atom. The molecule has 1 aliphatic rings. The van der Waals surface area contributed by atoms with E-state index in [2.05, 4.69) is 26.6 Å². The Morgan fingerprint density at radius 3 is 2.62 bits per heavy atom. The molecule has 1 aromatic heterocycles. The number of rotatable bonds is 5. The molecule has 116 valence electrons. The Balaban J connectivity index is 1.84. The molecule has 0 radical (unpaired) electrons. The lowest BCUT2D eigenvalue weighted by Gasteiger charge is -2.28. The van der Waals surface area contributed by atoms with E-state index in [1.807, 2.05) is 12.1 Å². The second-order valence-electron chi connectivity index (χ2n) is 5.25. The Labute approximate surface area is 136 Å². The van der Waals surface area contributed by atoms with E-state index >= 15 is 0 Å². The van der Waals surface area contributed by atoms with Gasteiger partial charge < -0.3 is 15.7 Å². The van der Waals surface area contributed by atoms with Crippen molar-refractivity contribution in [3.8, 4) is 0 Å². The number of thiophene rings is 1. The number of carboxylic acid groups (broad SMARTS) is 1. The highest BCUT2D eigenvalue weighted by atomic mass is 79.9. The van der Waals surface area contributed by atoms with E-state index < -0.39 is 18.0 Å². The smallest absolute Gasteiger partial charge is 0.326 e. The Bertz CT molecular complexity index is 500. The molecule has 5 nitrogen and oxygen atoms in total. The zero-order valence-electron chi connectivity index (χ0n) is 11.6. The summed E-state index contributed by atoms with van der Waals surface area (Å²) in [6.07, 6.45) is 4.98. The van der Waals surface area contributed by atoms with Crippen LogP contribution in [0, 0.1) is 5.92 Å². The highest BCUT2D eigenvalue weighted by molar-refractivity contribution is 9.11. The summed E-state index contributed by atoms with van der Waals surface area (Å²) in [5.74, 6) is -0.909. The highest BCUT2D eigenvalue weighted by Gasteiger charge is 2.30. The molecule has 1 unspecified atom stereocenters. The van der Waals surface area contributed by atoms with Gasteiger partial charge >= 0.3 is 12.0 Å². The van der Waals surface area contributed by atoms with Crippen LogP contribution < -0.4 is 10.6 Å². The van der Waals surface area contributed by atoms with Crippen LogP contribution in [-0.2, 0) is 11.3 Å². The van der Waals surface area contributed by atoms with E-state index in [0.717, 1.165) is 40.8 Å². The second kappa shape index (κ2) is 7.79. The Kier molecular flexibility index (Phi) is 6.05. The molecule has 2 rings (SSSR count). The average Bonchev–Trinajstić information content (AvgIpc) is 2.89. The summed E-state index contributed by atoms with van der Waals surface area (Å²) < 4.78 is 1.00. The van der Waals surface area contributed by atoms with Crippen LogP contribution in [0.1, 0.15) is 37.0 Å². The van der Waals surface area contributed by atoms with Crippen LogP contribution in [0.25, 0.3) is 0 Å². The minimum Gasteiger partial charge on any atom is -0.480 e. The first-order valence-electron chi connectivity index (χ1n) is 7.07. The van der Waals surface area contributed by atoms with Gasteiger partial charge in [-0.2, -0.15) is 0 Å². The van der Waals surface area contributed by atoms with Crippen LogP contribution in [0.5, 0.6) is 0 Å². The van der Waals surface area contributed by atoms with Gasteiger partial charge in [-0.15, -0.1) is 11.3 Å². The number of hydrogen-bond donors (Lipinski definition) is 3. The SMILES string of the molecule is O=C(NCc1ccc(Br)s1)NC(C(=O)O)C1CCCCC1. The van der Waals surface area contributed by atoms with Crippen molar-refractivity contribution in [2.24, 2.45) is 5.92 Å². The van der Waals surface area contributed by atoms with E-state index in [4.69, 9.17) is 0 Å². The van der Waals surface area contributed by atoms with Gasteiger partial charge in [-0.1, -0.05) is 19.3 Å². The van der Waals surface area contributed by atoms with E-state index in [0.29, 0.717) is 6.54 Å². The average molecular weight is 375 g/mol. The third-order valence-corrected chi connectivity index (χ3v) is 5.35. The molecule has 7 heteroatoms. The van der Waals surface area contributed by atoms with Gasteiger partial charge in [-0.05, 0) is 46.8 Å². The molecule has 0 bridgehead atoms. The van der Waals surface area contributed by atoms with E-state index in [9.17, 15) is 14.7 Å². The van der Waals surface area contributed by atoms with Gasteiger partial charge in [0.25, 0.3) is 0 Å². The second-order valence-corrected chi connectivity index (χ2v) is 7.79. The molecule has 0 spiro atoms. The number of nitrogens with one attached hydrogen (secondary N) is 2. The lowest BCUT2D eigenvalue weighted by Crippen LogP contribution is -2.50. The summed E-state index contributed by atoms with van der Waals surface area (Å²) in [6, 6.07) is 2.63. The topological polar surface area (TPSA) is 78.4 Å². The maximum atomic E-state index is 11.9. The Morgan fingerprint density at radius 2 is 2.05 bits per heavy atom. The summed E-state index contributed by atoms with van der Waals surface area (Å²) in [6.45, 7) is 0.402. The molecule has 0 aliphatic heterocycles. The standard InChI is InChI=1S/C14H19BrN2O3S/c15-11-7-6-10(21-11)8-16-14(20)17-12(13(18)19)9-4-2-1-3-5-9/h6-7,9,12H,1-5,8H2,(H,18,19)(H2,16,17,20). The van der Waals surface area contributed by atoms with E-state index in [-0.39, 0.29) is 5.92 Å². The zero-order valence-corrected chi connectivity index (χ0v) is 14.0. The number of carbonyl (C=O) groups is 2. The number of carbonyl (C=O) groups excluding carboxylic acids is 1. The summed E-state index contributed by atoms with van der Waals surface area (Å²) in [5, 5.41) is 14.6. The predicted molar refractivity (Wildman–Crippen MR) is 85.4 cm³/mol. The number of halogens is 1. The predicted octanol–water partition coefficient (Wildman–Crippen LogP) is 3.34. The zero-order chi connectivity index (χ0) is 15.2. The molecule has 1 fully saturated rings. The van der Waals surface area contributed by atoms with Gasteiger partial charge in [-0.25, -0.2) is 9.59 Å². The fraction of sp³-hybridized carbons (Fsp3) is 0.571. The van der Waals surface area contributed by atoms with Crippen molar-refractivity contribution >= 4 is 39.3 Å². The van der Waals surface area contributed by atoms with Crippen molar-refractivity contribution in [2.45, 2.75) is 44.7 Å². The van der Waals surface area contributed by atoms with Gasteiger partial charge in [0, 0.05) is 4.88 Å².